The van der Waals surface area contributed by atoms with Crippen molar-refractivity contribution in [3.8, 4) is 0 Å². The number of benzene rings is 2. The highest BCUT2D eigenvalue weighted by atomic mass is 16.2. The Kier molecular flexibility index (Phi) is 3.26. The third-order valence-electron chi connectivity index (χ3n) is 5.82. The van der Waals surface area contributed by atoms with Gasteiger partial charge in [-0.2, -0.15) is 0 Å². The molecule has 0 radical (unpaired) electrons. The first-order valence-corrected chi connectivity index (χ1v) is 9.37. The maximum atomic E-state index is 13.5. The molecular formula is C22H21N3O2. The SMILES string of the molecule is CC(C)C(=O)N1CCc2c([nH]c3ccccc23)C12C(=O)Nc1ccccc12. The molecule has 3 aromatic rings. The zero-order chi connectivity index (χ0) is 18.8. The number of hydrogen-bond donors (Lipinski definition) is 2. The maximum Gasteiger partial charge on any atom is 0.261 e. The molecule has 3 heterocycles. The van der Waals surface area contributed by atoms with Crippen LogP contribution < -0.4 is 5.32 Å². The molecule has 2 aliphatic heterocycles. The Balaban J connectivity index is 1.87. The van der Waals surface area contributed by atoms with E-state index in [0.29, 0.717) is 6.54 Å². The average Bonchev–Trinajstić information content (AvgIpc) is 3.19. The molecule has 1 unspecified atom stereocenters. The summed E-state index contributed by atoms with van der Waals surface area (Å²) in [6.45, 7) is 4.29. The van der Waals surface area contributed by atoms with E-state index in [2.05, 4.69) is 16.4 Å². The van der Waals surface area contributed by atoms with Crippen LogP contribution in [0.25, 0.3) is 10.9 Å². The number of amides is 2. The lowest BCUT2D eigenvalue weighted by molar-refractivity contribution is -0.146. The molecule has 27 heavy (non-hydrogen) atoms. The third kappa shape index (κ3) is 1.94. The summed E-state index contributed by atoms with van der Waals surface area (Å²) >= 11 is 0. The van der Waals surface area contributed by atoms with Crippen LogP contribution in [0, 0.1) is 5.92 Å². The van der Waals surface area contributed by atoms with Crippen LogP contribution in [0.1, 0.15) is 30.7 Å². The van der Waals surface area contributed by atoms with Gasteiger partial charge in [0.15, 0.2) is 5.54 Å². The Bertz CT molecular complexity index is 1100. The number of H-pyrrole nitrogens is 1. The topological polar surface area (TPSA) is 65.2 Å². The molecule has 1 atom stereocenters. The van der Waals surface area contributed by atoms with Crippen LogP contribution in [-0.2, 0) is 21.5 Å². The van der Waals surface area contributed by atoms with Crippen molar-refractivity contribution in [1.29, 1.82) is 0 Å². The van der Waals surface area contributed by atoms with Gasteiger partial charge in [-0.25, -0.2) is 0 Å². The number of para-hydroxylation sites is 2. The molecule has 0 aliphatic carbocycles. The number of nitrogens with one attached hydrogen (secondary N) is 2. The van der Waals surface area contributed by atoms with Crippen molar-refractivity contribution in [1.82, 2.24) is 9.88 Å². The molecule has 2 N–H and O–H groups in total. The molecule has 0 bridgehead atoms. The van der Waals surface area contributed by atoms with Crippen molar-refractivity contribution < 1.29 is 9.59 Å². The Morgan fingerprint density at radius 1 is 1.11 bits per heavy atom. The fourth-order valence-corrected chi connectivity index (χ4v) is 4.64. The van der Waals surface area contributed by atoms with Crippen molar-refractivity contribution in [2.45, 2.75) is 25.8 Å². The number of anilines is 1. The van der Waals surface area contributed by atoms with E-state index < -0.39 is 5.54 Å². The largest absolute Gasteiger partial charge is 0.355 e. The molecule has 5 rings (SSSR count). The fourth-order valence-electron chi connectivity index (χ4n) is 4.64. The molecule has 2 aromatic carbocycles. The van der Waals surface area contributed by atoms with Gasteiger partial charge in [-0.15, -0.1) is 0 Å². The van der Waals surface area contributed by atoms with E-state index in [1.54, 1.807) is 4.90 Å². The van der Waals surface area contributed by atoms with Crippen molar-refractivity contribution in [2.24, 2.45) is 5.92 Å². The van der Waals surface area contributed by atoms with Crippen LogP contribution in [0.5, 0.6) is 0 Å². The van der Waals surface area contributed by atoms with Gasteiger partial charge in [-0.05, 0) is 24.1 Å². The second kappa shape index (κ2) is 5.46. The van der Waals surface area contributed by atoms with Gasteiger partial charge in [0.25, 0.3) is 5.91 Å². The van der Waals surface area contributed by atoms with Crippen molar-refractivity contribution >= 4 is 28.4 Å². The fraction of sp³-hybridized carbons (Fsp3) is 0.273. The number of carbonyl (C=O) groups excluding carboxylic acids is 2. The minimum Gasteiger partial charge on any atom is -0.355 e. The van der Waals surface area contributed by atoms with Crippen molar-refractivity contribution in [2.75, 3.05) is 11.9 Å². The van der Waals surface area contributed by atoms with Gasteiger partial charge in [-0.1, -0.05) is 50.2 Å². The quantitative estimate of drug-likeness (QED) is 0.699. The first-order valence-electron chi connectivity index (χ1n) is 9.37. The standard InChI is InChI=1S/C22H21N3O2/c1-13(2)20(26)25-12-11-15-14-7-3-5-9-17(14)23-19(15)22(25)16-8-4-6-10-18(16)24-21(22)27/h3-10,13,23H,11-12H2,1-2H3,(H,24,27). The summed E-state index contributed by atoms with van der Waals surface area (Å²) in [5.74, 6) is -0.357. The van der Waals surface area contributed by atoms with Gasteiger partial charge in [0.05, 0.1) is 5.69 Å². The third-order valence-corrected chi connectivity index (χ3v) is 5.82. The summed E-state index contributed by atoms with van der Waals surface area (Å²) in [5.41, 5.74) is 3.44. The van der Waals surface area contributed by atoms with E-state index in [4.69, 9.17) is 0 Å². The molecule has 0 saturated carbocycles. The van der Waals surface area contributed by atoms with Gasteiger partial charge in [0.1, 0.15) is 0 Å². The maximum absolute atomic E-state index is 13.5. The number of rotatable bonds is 1. The minimum absolute atomic E-state index is 0.00819. The van der Waals surface area contributed by atoms with Crippen LogP contribution >= 0.6 is 0 Å². The van der Waals surface area contributed by atoms with E-state index in [1.165, 1.54) is 0 Å². The number of fused-ring (bicyclic) bond motifs is 6. The number of aromatic nitrogens is 1. The molecule has 5 heteroatoms. The Morgan fingerprint density at radius 3 is 2.67 bits per heavy atom. The number of aromatic amines is 1. The summed E-state index contributed by atoms with van der Waals surface area (Å²) < 4.78 is 0. The Labute approximate surface area is 157 Å². The Morgan fingerprint density at radius 2 is 1.85 bits per heavy atom. The number of hydrogen-bond acceptors (Lipinski definition) is 2. The molecule has 136 valence electrons. The summed E-state index contributed by atoms with van der Waals surface area (Å²) in [6.07, 6.45) is 0.731. The van der Waals surface area contributed by atoms with E-state index in [9.17, 15) is 9.59 Å². The average molecular weight is 359 g/mol. The molecule has 0 fully saturated rings. The van der Waals surface area contributed by atoms with Crippen molar-refractivity contribution in [3.05, 3.63) is 65.4 Å². The normalized spacial score (nSPS) is 20.9. The van der Waals surface area contributed by atoms with Crippen LogP contribution in [0.4, 0.5) is 5.69 Å². The van der Waals surface area contributed by atoms with Crippen LogP contribution in [0.15, 0.2) is 48.5 Å². The van der Waals surface area contributed by atoms with E-state index in [0.717, 1.165) is 39.8 Å². The minimum atomic E-state index is -1.13. The van der Waals surface area contributed by atoms with Crippen LogP contribution in [-0.4, -0.2) is 28.2 Å². The molecule has 2 aliphatic rings. The summed E-state index contributed by atoms with van der Waals surface area (Å²) in [5, 5.41) is 4.14. The number of carbonyl (C=O) groups is 2. The molecular weight excluding hydrogens is 338 g/mol. The summed E-state index contributed by atoms with van der Waals surface area (Å²) in [4.78, 5) is 31.9. The van der Waals surface area contributed by atoms with Gasteiger partial charge in [-0.3, -0.25) is 9.59 Å². The highest BCUT2D eigenvalue weighted by Crippen LogP contribution is 2.49. The van der Waals surface area contributed by atoms with Gasteiger partial charge in [0.2, 0.25) is 5.91 Å². The van der Waals surface area contributed by atoms with Gasteiger partial charge >= 0.3 is 0 Å². The van der Waals surface area contributed by atoms with Crippen molar-refractivity contribution in [3.63, 3.8) is 0 Å². The lowest BCUT2D eigenvalue weighted by atomic mass is 9.79. The van der Waals surface area contributed by atoms with Gasteiger partial charge < -0.3 is 15.2 Å². The molecule has 0 saturated heterocycles. The van der Waals surface area contributed by atoms with Gasteiger partial charge in [0, 0.05) is 34.6 Å². The zero-order valence-corrected chi connectivity index (χ0v) is 15.4. The lowest BCUT2D eigenvalue weighted by Gasteiger charge is -2.43. The predicted molar refractivity (Wildman–Crippen MR) is 104 cm³/mol. The Hall–Kier alpha value is -3.08. The smallest absolute Gasteiger partial charge is 0.261 e. The van der Waals surface area contributed by atoms with E-state index >= 15 is 0 Å². The summed E-state index contributed by atoms with van der Waals surface area (Å²) in [7, 11) is 0. The second-order valence-electron chi connectivity index (χ2n) is 7.63. The molecule has 1 aromatic heterocycles. The van der Waals surface area contributed by atoms with E-state index in [1.807, 2.05) is 56.3 Å². The first-order chi connectivity index (χ1) is 13.0. The predicted octanol–water partition coefficient (Wildman–Crippen LogP) is 3.40. The summed E-state index contributed by atoms with van der Waals surface area (Å²) in [6, 6.07) is 15.8. The highest BCUT2D eigenvalue weighted by Gasteiger charge is 2.58. The number of nitrogens with zero attached hydrogens (tertiary/aromatic N) is 1. The molecule has 2 amide bonds. The highest BCUT2D eigenvalue weighted by molar-refractivity contribution is 6.11. The van der Waals surface area contributed by atoms with E-state index in [-0.39, 0.29) is 17.7 Å². The van der Waals surface area contributed by atoms with Crippen LogP contribution in [0.3, 0.4) is 0 Å². The molecule has 1 spiro atoms. The molecule has 5 nitrogen and oxygen atoms in total. The monoisotopic (exact) mass is 359 g/mol. The van der Waals surface area contributed by atoms with Crippen LogP contribution in [0.2, 0.25) is 0 Å². The lowest BCUT2D eigenvalue weighted by Crippen LogP contribution is -2.58. The zero-order valence-electron chi connectivity index (χ0n) is 15.4. The first kappa shape index (κ1) is 16.1. The second-order valence-corrected chi connectivity index (χ2v) is 7.63.